The molecule has 6 atom stereocenters. The lowest BCUT2D eigenvalue weighted by Gasteiger charge is -2.59. The highest BCUT2D eigenvalue weighted by Crippen LogP contribution is 2.62. The van der Waals surface area contributed by atoms with E-state index in [-0.39, 0.29) is 43.5 Å². The van der Waals surface area contributed by atoms with Gasteiger partial charge in [-0.3, -0.25) is 9.59 Å². The van der Waals surface area contributed by atoms with Gasteiger partial charge in [-0.15, -0.1) is 6.58 Å². The number of aliphatic hydroxyl groups is 2. The predicted octanol–water partition coefficient (Wildman–Crippen LogP) is 9.65. The number of unbranched alkanes of at least 4 members (excludes halogenated alkanes) is 2. The number of oxime groups is 1. The van der Waals surface area contributed by atoms with E-state index in [9.17, 15) is 19.8 Å². The van der Waals surface area contributed by atoms with Crippen molar-refractivity contribution in [3.05, 3.63) is 126 Å². The fourth-order valence-corrected chi connectivity index (χ4v) is 9.44. The summed E-state index contributed by atoms with van der Waals surface area (Å²) in [6.07, 6.45) is 9.73. The zero-order valence-electron chi connectivity index (χ0n) is 35.2. The molecular formula is C50H58N2O8. The number of hydrogen-bond donors (Lipinski definition) is 2. The van der Waals surface area contributed by atoms with Gasteiger partial charge in [0.25, 0.3) is 5.91 Å². The van der Waals surface area contributed by atoms with E-state index in [1.807, 2.05) is 94.5 Å². The first-order chi connectivity index (χ1) is 29.0. The topological polar surface area (TPSA) is 127 Å². The van der Waals surface area contributed by atoms with E-state index in [2.05, 4.69) is 12.7 Å². The van der Waals surface area contributed by atoms with Crippen molar-refractivity contribution >= 4 is 28.7 Å². The van der Waals surface area contributed by atoms with Crippen molar-refractivity contribution in [2.24, 2.45) is 22.9 Å². The molecule has 0 radical (unpaired) electrons. The number of rotatable bonds is 17. The van der Waals surface area contributed by atoms with Crippen LogP contribution in [-0.2, 0) is 9.57 Å². The van der Waals surface area contributed by atoms with Crippen molar-refractivity contribution in [2.45, 2.75) is 89.1 Å². The number of nitrogens with zero attached hydrogens (tertiary/aromatic N) is 2. The standard InChI is InChI=1S/C50H58N2O8/c1-6-26-57-50-45(52(5)48(56)37-21-20-34-15-7-8-16-35(34)28-37)31-43(51-60-49(2,3)4)41-29-36(17-9-11-24-53)40(19-10-12-25-54)46(47(41)50)42-30-39(22-23-44(42)59-50)58-38-18-13-14-33(27-38)32-55/h6-8,13-16,18,20-23,27-30,32,36,40,45-47,53-54H,1,9-12,17,19,24-26,31H2,2-5H3. The number of aliphatic hydroxyl groups excluding tert-OH is 2. The lowest BCUT2D eigenvalue weighted by molar-refractivity contribution is -0.252. The third kappa shape index (κ3) is 8.92. The van der Waals surface area contributed by atoms with Crippen LogP contribution in [0.5, 0.6) is 17.2 Å². The second-order valence-electron chi connectivity index (χ2n) is 17.2. The number of carbonyl (C=O) groups is 2. The molecule has 4 aromatic carbocycles. The molecule has 3 aliphatic rings. The van der Waals surface area contributed by atoms with Crippen molar-refractivity contribution in [3.63, 3.8) is 0 Å². The summed E-state index contributed by atoms with van der Waals surface area (Å²) in [5.74, 6) is -0.360. The molecule has 0 bridgehead atoms. The van der Waals surface area contributed by atoms with Crippen LogP contribution in [0.1, 0.15) is 97.9 Å². The fraction of sp³-hybridized carbons (Fsp3) is 0.420. The molecule has 7 rings (SSSR count). The first-order valence-corrected chi connectivity index (χ1v) is 21.3. The van der Waals surface area contributed by atoms with Gasteiger partial charge in [-0.05, 0) is 117 Å². The Hall–Kier alpha value is -5.29. The summed E-state index contributed by atoms with van der Waals surface area (Å²) in [6.45, 7) is 10.3. The Morgan fingerprint density at radius 3 is 2.42 bits per heavy atom. The van der Waals surface area contributed by atoms with Crippen LogP contribution in [0.25, 0.3) is 10.8 Å². The minimum Gasteiger partial charge on any atom is -0.459 e. The SMILES string of the molecule is C=CCOC12Oc3ccc(Oc4cccc(C=O)c4)cc3C3C(CCCCO)C(CCCCO)C=C(C(=NOC(C)(C)C)CC1N(C)C(=O)c1ccc4ccccc4c1)C32. The molecular weight excluding hydrogens is 757 g/mol. The van der Waals surface area contributed by atoms with Crippen LogP contribution < -0.4 is 9.47 Å². The van der Waals surface area contributed by atoms with Crippen LogP contribution in [0, 0.1) is 17.8 Å². The van der Waals surface area contributed by atoms with Gasteiger partial charge < -0.3 is 34.2 Å². The van der Waals surface area contributed by atoms with Crippen LogP contribution in [0.3, 0.4) is 0 Å². The maximum absolute atomic E-state index is 14.8. The lowest BCUT2D eigenvalue weighted by atomic mass is 9.55. The van der Waals surface area contributed by atoms with Gasteiger partial charge in [0.1, 0.15) is 35.2 Å². The van der Waals surface area contributed by atoms with E-state index in [0.29, 0.717) is 47.6 Å². The van der Waals surface area contributed by atoms with Gasteiger partial charge in [-0.1, -0.05) is 72.6 Å². The van der Waals surface area contributed by atoms with Crippen molar-refractivity contribution in [2.75, 3.05) is 26.9 Å². The van der Waals surface area contributed by atoms with Gasteiger partial charge in [0.15, 0.2) is 0 Å². The predicted molar refractivity (Wildman–Crippen MR) is 234 cm³/mol. The summed E-state index contributed by atoms with van der Waals surface area (Å²) in [4.78, 5) is 34.4. The minimum atomic E-state index is -1.38. The third-order valence-corrected chi connectivity index (χ3v) is 12.1. The number of benzene rings is 4. The average molecular weight is 815 g/mol. The number of ether oxygens (including phenoxy) is 3. The van der Waals surface area contributed by atoms with E-state index < -0.39 is 23.3 Å². The van der Waals surface area contributed by atoms with E-state index >= 15 is 0 Å². The normalized spacial score (nSPS) is 23.8. The summed E-state index contributed by atoms with van der Waals surface area (Å²) in [5.41, 5.74) is 3.09. The molecule has 10 nitrogen and oxygen atoms in total. The van der Waals surface area contributed by atoms with Crippen LogP contribution >= 0.6 is 0 Å². The van der Waals surface area contributed by atoms with E-state index in [1.165, 1.54) is 0 Å². The fourth-order valence-electron chi connectivity index (χ4n) is 9.44. The highest BCUT2D eigenvalue weighted by atomic mass is 16.7. The smallest absolute Gasteiger partial charge is 0.254 e. The number of hydrogen-bond acceptors (Lipinski definition) is 9. The molecule has 1 amide bonds. The lowest BCUT2D eigenvalue weighted by Crippen LogP contribution is -2.69. The summed E-state index contributed by atoms with van der Waals surface area (Å²) in [6, 6.07) is 26.0. The number of amides is 1. The van der Waals surface area contributed by atoms with Gasteiger partial charge in [0.05, 0.1) is 18.2 Å². The highest BCUT2D eigenvalue weighted by Gasteiger charge is 2.65. The minimum absolute atomic E-state index is 0.0528. The molecule has 60 heavy (non-hydrogen) atoms. The van der Waals surface area contributed by atoms with Crippen LogP contribution in [0.15, 0.2) is 114 Å². The zero-order chi connectivity index (χ0) is 42.4. The molecule has 1 heterocycles. The molecule has 0 aromatic heterocycles. The second kappa shape index (κ2) is 18.5. The van der Waals surface area contributed by atoms with E-state index in [0.717, 1.165) is 59.6 Å². The number of allylic oxidation sites excluding steroid dienone is 1. The molecule has 1 saturated carbocycles. The Balaban J connectivity index is 1.43. The summed E-state index contributed by atoms with van der Waals surface area (Å²) >= 11 is 0. The van der Waals surface area contributed by atoms with Crippen molar-refractivity contribution in [1.82, 2.24) is 4.90 Å². The molecule has 2 aliphatic carbocycles. The molecule has 1 aliphatic heterocycles. The van der Waals surface area contributed by atoms with E-state index in [1.54, 1.807) is 29.2 Å². The summed E-state index contributed by atoms with van der Waals surface area (Å²) < 4.78 is 20.8. The van der Waals surface area contributed by atoms with Crippen molar-refractivity contribution in [3.8, 4) is 17.2 Å². The second-order valence-corrected chi connectivity index (χ2v) is 17.2. The number of fused-ring (bicyclic) bond motifs is 3. The van der Waals surface area contributed by atoms with Gasteiger partial charge in [-0.25, -0.2) is 0 Å². The summed E-state index contributed by atoms with van der Waals surface area (Å²) in [5, 5.41) is 26.8. The first-order valence-electron chi connectivity index (χ1n) is 21.3. The third-order valence-electron chi connectivity index (χ3n) is 12.1. The Labute approximate surface area is 353 Å². The molecule has 0 spiro atoms. The number of carbonyl (C=O) groups excluding carboxylic acids is 2. The first kappa shape index (κ1) is 42.8. The van der Waals surface area contributed by atoms with Gasteiger partial charge in [0.2, 0.25) is 5.79 Å². The summed E-state index contributed by atoms with van der Waals surface area (Å²) in [7, 11) is 1.82. The van der Waals surface area contributed by atoms with Crippen LogP contribution in [0.4, 0.5) is 0 Å². The molecule has 4 aromatic rings. The van der Waals surface area contributed by atoms with Crippen molar-refractivity contribution < 1.29 is 38.9 Å². The quantitative estimate of drug-likeness (QED) is 0.0467. The van der Waals surface area contributed by atoms with Crippen LogP contribution in [-0.4, -0.2) is 77.3 Å². The van der Waals surface area contributed by atoms with Gasteiger partial charge in [0, 0.05) is 49.3 Å². The number of likely N-dealkylation sites (N-methyl/N-ethyl adjacent to an activating group) is 1. The zero-order valence-corrected chi connectivity index (χ0v) is 35.2. The maximum Gasteiger partial charge on any atom is 0.254 e. The number of aldehydes is 1. The highest BCUT2D eigenvalue weighted by molar-refractivity contribution is 6.04. The average Bonchev–Trinajstić information content (AvgIpc) is 3.25. The molecule has 2 N–H and O–H groups in total. The largest absolute Gasteiger partial charge is 0.459 e. The Bertz CT molecular complexity index is 2240. The van der Waals surface area contributed by atoms with Crippen molar-refractivity contribution in [1.29, 1.82) is 0 Å². The molecule has 6 unspecified atom stereocenters. The maximum atomic E-state index is 14.8. The molecule has 10 heteroatoms. The van der Waals surface area contributed by atoms with E-state index in [4.69, 9.17) is 24.2 Å². The Morgan fingerprint density at radius 2 is 1.68 bits per heavy atom. The molecule has 316 valence electrons. The van der Waals surface area contributed by atoms with Gasteiger partial charge >= 0.3 is 0 Å². The Kier molecular flexibility index (Phi) is 13.2. The van der Waals surface area contributed by atoms with Crippen LogP contribution in [0.2, 0.25) is 0 Å². The van der Waals surface area contributed by atoms with Gasteiger partial charge in [-0.2, -0.15) is 0 Å². The molecule has 0 saturated heterocycles. The monoisotopic (exact) mass is 814 g/mol. The Morgan fingerprint density at radius 1 is 0.933 bits per heavy atom. The molecule has 1 fully saturated rings.